The van der Waals surface area contributed by atoms with E-state index in [0.29, 0.717) is 12.4 Å². The molecule has 0 unspecified atom stereocenters. The fourth-order valence-electron chi connectivity index (χ4n) is 1.46. The van der Waals surface area contributed by atoms with Crippen LogP contribution in [0.4, 0.5) is 5.82 Å². The number of nitrogens with one attached hydrogen (secondary N) is 1. The van der Waals surface area contributed by atoms with Crippen LogP contribution in [0.1, 0.15) is 6.42 Å². The maximum atomic E-state index is 10.4. The minimum absolute atomic E-state index is 0. The van der Waals surface area contributed by atoms with Crippen molar-refractivity contribution in [1.82, 2.24) is 9.97 Å². The molecule has 1 aromatic heterocycles. The average molecular weight is 333 g/mol. The maximum absolute atomic E-state index is 10.4. The van der Waals surface area contributed by atoms with Gasteiger partial charge in [-0.2, -0.15) is 0 Å². The first-order chi connectivity index (χ1) is 8.16. The second-order valence-corrected chi connectivity index (χ2v) is 4.37. The van der Waals surface area contributed by atoms with E-state index in [2.05, 4.69) is 31.2 Å². The normalized spacial score (nSPS) is 9.83. The molecule has 0 fully saturated rings. The molecule has 96 valence electrons. The number of aliphatic carboxylic acids is 1. The number of benzene rings is 1. The molecule has 0 aliphatic heterocycles. The molecule has 7 heteroatoms. The Morgan fingerprint density at radius 1 is 1.39 bits per heavy atom. The molecule has 0 bridgehead atoms. The van der Waals surface area contributed by atoms with E-state index >= 15 is 0 Å². The van der Waals surface area contributed by atoms with E-state index in [-0.39, 0.29) is 18.8 Å². The summed E-state index contributed by atoms with van der Waals surface area (Å²) in [5.41, 5.74) is 0.820. The minimum atomic E-state index is -0.836. The molecule has 0 saturated carbocycles. The molecule has 2 rings (SSSR count). The molecule has 1 heterocycles. The van der Waals surface area contributed by atoms with Crippen LogP contribution in [0.5, 0.6) is 0 Å². The number of hydrogen-bond donors (Lipinski definition) is 2. The topological polar surface area (TPSA) is 75.1 Å². The van der Waals surface area contributed by atoms with Crippen LogP contribution in [0.25, 0.3) is 10.9 Å². The number of halogens is 2. The van der Waals surface area contributed by atoms with Crippen molar-refractivity contribution in [2.45, 2.75) is 6.42 Å². The van der Waals surface area contributed by atoms with E-state index in [9.17, 15) is 4.79 Å². The van der Waals surface area contributed by atoms with Crippen LogP contribution in [-0.2, 0) is 4.79 Å². The van der Waals surface area contributed by atoms with Gasteiger partial charge in [0.15, 0.2) is 0 Å². The largest absolute Gasteiger partial charge is 0.481 e. The predicted molar refractivity (Wildman–Crippen MR) is 75.2 cm³/mol. The monoisotopic (exact) mass is 331 g/mol. The molecule has 0 amide bonds. The summed E-state index contributed by atoms with van der Waals surface area (Å²) in [6.45, 7) is 0.341. The van der Waals surface area contributed by atoms with Crippen molar-refractivity contribution in [1.29, 1.82) is 0 Å². The van der Waals surface area contributed by atoms with E-state index in [0.717, 1.165) is 15.4 Å². The van der Waals surface area contributed by atoms with Crippen molar-refractivity contribution >= 4 is 51.0 Å². The van der Waals surface area contributed by atoms with Crippen molar-refractivity contribution in [3.63, 3.8) is 0 Å². The molecule has 2 aromatic rings. The minimum Gasteiger partial charge on any atom is -0.481 e. The third-order valence-corrected chi connectivity index (χ3v) is 2.72. The number of fused-ring (bicyclic) bond motifs is 1. The number of hydrogen-bond acceptors (Lipinski definition) is 4. The first-order valence-electron chi connectivity index (χ1n) is 5.03. The van der Waals surface area contributed by atoms with Gasteiger partial charge in [-0.25, -0.2) is 9.97 Å². The fraction of sp³-hybridized carbons (Fsp3) is 0.182. The lowest BCUT2D eigenvalue weighted by atomic mass is 10.2. The molecule has 0 aliphatic carbocycles. The lowest BCUT2D eigenvalue weighted by Crippen LogP contribution is -2.09. The molecule has 0 aliphatic rings. The number of carboxylic acids is 1. The zero-order chi connectivity index (χ0) is 12.3. The van der Waals surface area contributed by atoms with E-state index in [1.807, 2.05) is 18.2 Å². The molecule has 1 aromatic carbocycles. The number of nitrogens with zero attached hydrogens (tertiary/aromatic N) is 2. The first kappa shape index (κ1) is 14.7. The van der Waals surface area contributed by atoms with Gasteiger partial charge in [0.05, 0.1) is 11.9 Å². The molecule has 0 spiro atoms. The highest BCUT2D eigenvalue weighted by Gasteiger charge is 2.04. The summed E-state index contributed by atoms with van der Waals surface area (Å²) >= 11 is 3.38. The van der Waals surface area contributed by atoms with E-state index in [1.54, 1.807) is 0 Å². The van der Waals surface area contributed by atoms with Crippen molar-refractivity contribution in [3.05, 3.63) is 29.0 Å². The summed E-state index contributed by atoms with van der Waals surface area (Å²) in [6.07, 6.45) is 1.51. The molecule has 2 N–H and O–H groups in total. The maximum Gasteiger partial charge on any atom is 0.305 e. The van der Waals surface area contributed by atoms with E-state index in [4.69, 9.17) is 5.11 Å². The van der Waals surface area contributed by atoms with Gasteiger partial charge in [-0.3, -0.25) is 4.79 Å². The molecular formula is C11H11BrClN3O2. The standard InChI is InChI=1S/C11H10BrN3O2.ClH/c12-7-1-2-9-8(5-7)11(15-6-14-9)13-4-3-10(16)17;/h1-2,5-6H,3-4H2,(H,16,17)(H,13,14,15);1H. The van der Waals surface area contributed by atoms with Crippen LogP contribution in [0, 0.1) is 0 Å². The Morgan fingerprint density at radius 3 is 2.89 bits per heavy atom. The van der Waals surface area contributed by atoms with Gasteiger partial charge in [-0.05, 0) is 18.2 Å². The summed E-state index contributed by atoms with van der Waals surface area (Å²) in [5, 5.41) is 12.4. The Labute approximate surface area is 118 Å². The van der Waals surface area contributed by atoms with Crippen molar-refractivity contribution in [3.8, 4) is 0 Å². The van der Waals surface area contributed by atoms with Crippen LogP contribution in [0.3, 0.4) is 0 Å². The Balaban J connectivity index is 0.00000162. The number of carbonyl (C=O) groups is 1. The smallest absolute Gasteiger partial charge is 0.305 e. The Hall–Kier alpha value is -1.40. The number of aromatic nitrogens is 2. The van der Waals surface area contributed by atoms with Gasteiger partial charge < -0.3 is 10.4 Å². The summed E-state index contributed by atoms with van der Waals surface area (Å²) < 4.78 is 0.932. The van der Waals surface area contributed by atoms with Crippen LogP contribution in [-0.4, -0.2) is 27.6 Å². The zero-order valence-electron chi connectivity index (χ0n) is 9.26. The predicted octanol–water partition coefficient (Wildman–Crippen LogP) is 2.70. The van der Waals surface area contributed by atoms with Gasteiger partial charge in [0.1, 0.15) is 12.1 Å². The first-order valence-corrected chi connectivity index (χ1v) is 5.82. The van der Waals surface area contributed by atoms with Crippen molar-refractivity contribution in [2.75, 3.05) is 11.9 Å². The number of rotatable bonds is 4. The Kier molecular flexibility index (Phi) is 5.30. The van der Waals surface area contributed by atoms with Gasteiger partial charge in [-0.15, -0.1) is 12.4 Å². The third-order valence-electron chi connectivity index (χ3n) is 2.23. The number of carboxylic acid groups (broad SMARTS) is 1. The third kappa shape index (κ3) is 3.54. The molecule has 0 atom stereocenters. The van der Waals surface area contributed by atoms with Crippen LogP contribution < -0.4 is 5.32 Å². The molecule has 0 saturated heterocycles. The van der Waals surface area contributed by atoms with E-state index in [1.165, 1.54) is 6.33 Å². The van der Waals surface area contributed by atoms with Gasteiger partial charge in [0.2, 0.25) is 0 Å². The fourth-order valence-corrected chi connectivity index (χ4v) is 1.82. The summed E-state index contributed by atoms with van der Waals surface area (Å²) in [7, 11) is 0. The van der Waals surface area contributed by atoms with Crippen LogP contribution in [0.15, 0.2) is 29.0 Å². The summed E-state index contributed by atoms with van der Waals surface area (Å²) in [5.74, 6) is -0.186. The van der Waals surface area contributed by atoms with Gasteiger partial charge in [-0.1, -0.05) is 15.9 Å². The molecule has 0 radical (unpaired) electrons. The van der Waals surface area contributed by atoms with Crippen LogP contribution >= 0.6 is 28.3 Å². The van der Waals surface area contributed by atoms with Crippen molar-refractivity contribution in [2.24, 2.45) is 0 Å². The van der Waals surface area contributed by atoms with Crippen molar-refractivity contribution < 1.29 is 9.90 Å². The Bertz CT molecular complexity index is 565. The molecule has 18 heavy (non-hydrogen) atoms. The summed E-state index contributed by atoms with van der Waals surface area (Å²) in [6, 6.07) is 5.68. The highest BCUT2D eigenvalue weighted by molar-refractivity contribution is 9.10. The lowest BCUT2D eigenvalue weighted by molar-refractivity contribution is -0.136. The lowest BCUT2D eigenvalue weighted by Gasteiger charge is -2.07. The van der Waals surface area contributed by atoms with Crippen LogP contribution in [0.2, 0.25) is 0 Å². The van der Waals surface area contributed by atoms with Gasteiger partial charge in [0, 0.05) is 16.4 Å². The SMILES string of the molecule is Cl.O=C(O)CCNc1ncnc2ccc(Br)cc12. The average Bonchev–Trinajstić information content (AvgIpc) is 2.29. The second kappa shape index (κ2) is 6.51. The Morgan fingerprint density at radius 2 is 2.17 bits per heavy atom. The van der Waals surface area contributed by atoms with Gasteiger partial charge in [0.25, 0.3) is 0 Å². The van der Waals surface area contributed by atoms with E-state index < -0.39 is 5.97 Å². The highest BCUT2D eigenvalue weighted by Crippen LogP contribution is 2.23. The van der Waals surface area contributed by atoms with Gasteiger partial charge >= 0.3 is 5.97 Å². The number of anilines is 1. The highest BCUT2D eigenvalue weighted by atomic mass is 79.9. The molecule has 5 nitrogen and oxygen atoms in total. The zero-order valence-corrected chi connectivity index (χ0v) is 11.7. The second-order valence-electron chi connectivity index (χ2n) is 3.45. The summed E-state index contributed by atoms with van der Waals surface area (Å²) in [4.78, 5) is 18.7. The molecular weight excluding hydrogens is 321 g/mol. The quantitative estimate of drug-likeness (QED) is 0.900.